The van der Waals surface area contributed by atoms with Crippen molar-refractivity contribution in [2.24, 2.45) is 17.8 Å². The van der Waals surface area contributed by atoms with Crippen LogP contribution in [0.15, 0.2) is 36.4 Å². The first-order chi connectivity index (χ1) is 12.7. The minimum atomic E-state index is -0.138. The molecule has 0 aromatic heterocycles. The zero-order valence-electron chi connectivity index (χ0n) is 16.2. The largest absolute Gasteiger partial charge is 0.207 e. The Balaban J connectivity index is 1.39. The van der Waals surface area contributed by atoms with Gasteiger partial charge in [-0.05, 0) is 84.2 Å². The normalized spacial score (nSPS) is 28.8. The molecule has 2 aromatic rings. The molecule has 26 heavy (non-hydrogen) atoms. The van der Waals surface area contributed by atoms with E-state index < -0.39 is 0 Å². The topological polar surface area (TPSA) is 0 Å². The van der Waals surface area contributed by atoms with E-state index in [-0.39, 0.29) is 5.82 Å². The summed E-state index contributed by atoms with van der Waals surface area (Å²) in [6, 6.07) is 11.9. The van der Waals surface area contributed by atoms with Gasteiger partial charge in [0, 0.05) is 0 Å². The number of unbranched alkanes of at least 4 members (excludes halogenated alkanes) is 2. The summed E-state index contributed by atoms with van der Waals surface area (Å²) in [6.45, 7) is 2.31. The fraction of sp³-hybridized carbons (Fsp3) is 0.600. The second kappa shape index (κ2) is 8.11. The lowest BCUT2D eigenvalue weighted by Gasteiger charge is -2.42. The Bertz CT molecular complexity index is 734. The van der Waals surface area contributed by atoms with E-state index in [0.717, 1.165) is 23.1 Å². The van der Waals surface area contributed by atoms with Crippen molar-refractivity contribution >= 4 is 10.8 Å². The van der Waals surface area contributed by atoms with Gasteiger partial charge >= 0.3 is 0 Å². The number of halogens is 1. The summed E-state index contributed by atoms with van der Waals surface area (Å²) in [6.07, 6.45) is 14.2. The molecule has 4 atom stereocenters. The van der Waals surface area contributed by atoms with E-state index >= 15 is 0 Å². The summed E-state index contributed by atoms with van der Waals surface area (Å²) in [4.78, 5) is 0. The van der Waals surface area contributed by atoms with Crippen molar-refractivity contribution in [1.29, 1.82) is 0 Å². The number of rotatable bonds is 5. The molecule has 0 aliphatic heterocycles. The van der Waals surface area contributed by atoms with Crippen molar-refractivity contribution < 1.29 is 4.39 Å². The van der Waals surface area contributed by atoms with Crippen molar-refractivity contribution in [2.45, 2.75) is 77.0 Å². The lowest BCUT2D eigenvalue weighted by molar-refractivity contribution is 0.113. The van der Waals surface area contributed by atoms with Gasteiger partial charge in [0.05, 0.1) is 0 Å². The van der Waals surface area contributed by atoms with Crippen LogP contribution in [-0.2, 0) is 0 Å². The lowest BCUT2D eigenvalue weighted by Crippen LogP contribution is -2.30. The number of hydrogen-bond donors (Lipinski definition) is 0. The second-order valence-electron chi connectivity index (χ2n) is 8.96. The molecule has 0 N–H and O–H groups in total. The highest BCUT2D eigenvalue weighted by Gasteiger charge is 2.35. The van der Waals surface area contributed by atoms with Crippen LogP contribution in [-0.4, -0.2) is 0 Å². The molecule has 0 bridgehead atoms. The van der Waals surface area contributed by atoms with Crippen molar-refractivity contribution in [3.05, 3.63) is 47.8 Å². The Morgan fingerprint density at radius 1 is 0.846 bits per heavy atom. The Morgan fingerprint density at radius 3 is 2.50 bits per heavy atom. The summed E-state index contributed by atoms with van der Waals surface area (Å²) in [5.74, 6) is 3.51. The molecule has 4 rings (SSSR count). The Kier molecular flexibility index (Phi) is 5.62. The van der Waals surface area contributed by atoms with Gasteiger partial charge in [-0.3, -0.25) is 0 Å². The van der Waals surface area contributed by atoms with Gasteiger partial charge in [0.2, 0.25) is 0 Å². The highest BCUT2D eigenvalue weighted by molar-refractivity contribution is 5.83. The van der Waals surface area contributed by atoms with Crippen LogP contribution in [0.4, 0.5) is 4.39 Å². The molecule has 2 aliphatic rings. The van der Waals surface area contributed by atoms with Crippen molar-refractivity contribution in [3.8, 4) is 0 Å². The van der Waals surface area contributed by atoms with Crippen LogP contribution in [0.1, 0.15) is 82.6 Å². The van der Waals surface area contributed by atoms with E-state index in [1.54, 1.807) is 12.1 Å². The van der Waals surface area contributed by atoms with E-state index in [0.29, 0.717) is 5.92 Å². The maximum absolute atomic E-state index is 13.4. The van der Waals surface area contributed by atoms with Crippen LogP contribution in [0.3, 0.4) is 0 Å². The first kappa shape index (κ1) is 18.0. The summed E-state index contributed by atoms with van der Waals surface area (Å²) in [5.41, 5.74) is 1.48. The standard InChI is InChI=1S/C25H33F/c1-2-3-4-5-18-6-7-20-15-21(9-8-19(20)14-18)22-10-11-24-17-25(26)13-12-23(24)16-22/h10-13,16-21H,2-9,14-15H2,1H3. The molecule has 0 radical (unpaired) electrons. The zero-order valence-corrected chi connectivity index (χ0v) is 16.2. The predicted octanol–water partition coefficient (Wildman–Crippen LogP) is 7.86. The zero-order chi connectivity index (χ0) is 17.9. The molecule has 0 nitrogen and oxygen atoms in total. The first-order valence-electron chi connectivity index (χ1n) is 10.9. The Labute approximate surface area is 158 Å². The SMILES string of the molecule is CCCCCC1CCC2CC(c3ccc4cc(F)ccc4c3)CCC2C1. The third kappa shape index (κ3) is 3.97. The molecular weight excluding hydrogens is 319 g/mol. The van der Waals surface area contributed by atoms with Gasteiger partial charge in [-0.25, -0.2) is 4.39 Å². The summed E-state index contributed by atoms with van der Waals surface area (Å²) >= 11 is 0. The fourth-order valence-corrected chi connectivity index (χ4v) is 5.72. The average molecular weight is 353 g/mol. The summed E-state index contributed by atoms with van der Waals surface area (Å²) < 4.78 is 13.4. The number of fused-ring (bicyclic) bond motifs is 2. The third-order valence-electron chi connectivity index (χ3n) is 7.24. The highest BCUT2D eigenvalue weighted by atomic mass is 19.1. The summed E-state index contributed by atoms with van der Waals surface area (Å²) in [5, 5.41) is 2.21. The quantitative estimate of drug-likeness (QED) is 0.480. The third-order valence-corrected chi connectivity index (χ3v) is 7.24. The highest BCUT2D eigenvalue weighted by Crippen LogP contribution is 2.48. The molecule has 1 heteroatoms. The van der Waals surface area contributed by atoms with Gasteiger partial charge < -0.3 is 0 Å². The first-order valence-corrected chi connectivity index (χ1v) is 10.9. The molecule has 2 fully saturated rings. The second-order valence-corrected chi connectivity index (χ2v) is 8.96. The summed E-state index contributed by atoms with van der Waals surface area (Å²) in [7, 11) is 0. The van der Waals surface area contributed by atoms with E-state index in [1.165, 1.54) is 75.2 Å². The number of benzene rings is 2. The van der Waals surface area contributed by atoms with E-state index in [2.05, 4.69) is 25.1 Å². The molecule has 0 spiro atoms. The van der Waals surface area contributed by atoms with Gasteiger partial charge in [0.1, 0.15) is 5.82 Å². The predicted molar refractivity (Wildman–Crippen MR) is 109 cm³/mol. The van der Waals surface area contributed by atoms with Crippen LogP contribution < -0.4 is 0 Å². The Hall–Kier alpha value is -1.37. The molecule has 4 unspecified atom stereocenters. The monoisotopic (exact) mass is 352 g/mol. The van der Waals surface area contributed by atoms with Crippen LogP contribution >= 0.6 is 0 Å². The van der Waals surface area contributed by atoms with Gasteiger partial charge in [-0.1, -0.05) is 63.3 Å². The van der Waals surface area contributed by atoms with Gasteiger partial charge in [0.15, 0.2) is 0 Å². The van der Waals surface area contributed by atoms with E-state index in [1.807, 2.05) is 6.07 Å². The van der Waals surface area contributed by atoms with Crippen LogP contribution in [0, 0.1) is 23.6 Å². The van der Waals surface area contributed by atoms with Crippen molar-refractivity contribution in [3.63, 3.8) is 0 Å². The minimum Gasteiger partial charge on any atom is -0.207 e. The van der Waals surface area contributed by atoms with Crippen molar-refractivity contribution in [1.82, 2.24) is 0 Å². The van der Waals surface area contributed by atoms with E-state index in [9.17, 15) is 4.39 Å². The molecule has 0 heterocycles. The molecule has 140 valence electrons. The molecule has 0 amide bonds. The van der Waals surface area contributed by atoms with Gasteiger partial charge in [-0.15, -0.1) is 0 Å². The smallest absolute Gasteiger partial charge is 0.123 e. The molecular formula is C25H33F. The molecule has 2 saturated carbocycles. The lowest BCUT2D eigenvalue weighted by atomic mass is 9.63. The molecule has 0 saturated heterocycles. The Morgan fingerprint density at radius 2 is 1.62 bits per heavy atom. The van der Waals surface area contributed by atoms with Crippen LogP contribution in [0.2, 0.25) is 0 Å². The van der Waals surface area contributed by atoms with Gasteiger partial charge in [0.25, 0.3) is 0 Å². The maximum atomic E-state index is 13.4. The molecule has 2 aromatic carbocycles. The fourth-order valence-electron chi connectivity index (χ4n) is 5.72. The van der Waals surface area contributed by atoms with Crippen LogP contribution in [0.5, 0.6) is 0 Å². The molecule has 2 aliphatic carbocycles. The van der Waals surface area contributed by atoms with Crippen molar-refractivity contribution in [2.75, 3.05) is 0 Å². The number of hydrogen-bond acceptors (Lipinski definition) is 0. The van der Waals surface area contributed by atoms with Crippen LogP contribution in [0.25, 0.3) is 10.8 Å². The minimum absolute atomic E-state index is 0.138. The maximum Gasteiger partial charge on any atom is 0.123 e. The average Bonchev–Trinajstić information content (AvgIpc) is 2.67. The van der Waals surface area contributed by atoms with E-state index in [4.69, 9.17) is 0 Å². The van der Waals surface area contributed by atoms with Gasteiger partial charge in [-0.2, -0.15) is 0 Å².